The molecule has 180 valence electrons. The minimum atomic E-state index is -0.819. The summed E-state index contributed by atoms with van der Waals surface area (Å²) in [5.41, 5.74) is 1.02. The maximum absolute atomic E-state index is 14.3. The van der Waals surface area contributed by atoms with Crippen molar-refractivity contribution in [3.63, 3.8) is 0 Å². The number of nitrogens with one attached hydrogen (secondary N) is 1. The number of nitrogens with zero attached hydrogens (tertiary/aromatic N) is 2. The summed E-state index contributed by atoms with van der Waals surface area (Å²) < 4.78 is 14.3. The molecule has 2 aromatic rings. The van der Waals surface area contributed by atoms with Crippen molar-refractivity contribution in [1.29, 1.82) is 0 Å². The molecular weight excluding hydrogens is 437 g/mol. The van der Waals surface area contributed by atoms with Gasteiger partial charge in [-0.2, -0.15) is 0 Å². The van der Waals surface area contributed by atoms with Crippen molar-refractivity contribution in [2.45, 2.75) is 58.7 Å². The average molecular weight is 468 g/mol. The fourth-order valence-corrected chi connectivity index (χ4v) is 3.83. The van der Waals surface area contributed by atoms with Crippen molar-refractivity contribution in [3.8, 4) is 0 Å². The quantitative estimate of drug-likeness (QED) is 0.542. The van der Waals surface area contributed by atoms with E-state index in [0.29, 0.717) is 16.7 Å². The molecule has 0 bridgehead atoms. The van der Waals surface area contributed by atoms with Crippen molar-refractivity contribution < 1.29 is 23.6 Å². The fourth-order valence-electron chi connectivity index (χ4n) is 3.83. The summed E-state index contributed by atoms with van der Waals surface area (Å²) in [6, 6.07) is 11.8. The number of carbonyl (C=O) groups is 4. The van der Waals surface area contributed by atoms with Crippen LogP contribution in [0.2, 0.25) is 0 Å². The van der Waals surface area contributed by atoms with Crippen LogP contribution >= 0.6 is 0 Å². The second-order valence-electron chi connectivity index (χ2n) is 8.52. The number of fused-ring (bicyclic) bond motifs is 1. The number of hydrogen-bond donors (Lipinski definition) is 1. The summed E-state index contributed by atoms with van der Waals surface area (Å²) in [5.74, 6) is -1.89. The summed E-state index contributed by atoms with van der Waals surface area (Å²) in [7, 11) is 0. The average Bonchev–Trinajstić information content (AvgIpc) is 3.07. The van der Waals surface area contributed by atoms with Crippen LogP contribution in [0.1, 0.15) is 66.3 Å². The maximum Gasteiger partial charge on any atom is 0.261 e. The Labute approximate surface area is 198 Å². The normalized spacial score (nSPS) is 14.5. The van der Waals surface area contributed by atoms with Gasteiger partial charge in [-0.1, -0.05) is 37.3 Å². The van der Waals surface area contributed by atoms with Crippen LogP contribution in [0.5, 0.6) is 0 Å². The molecule has 0 aliphatic carbocycles. The van der Waals surface area contributed by atoms with Gasteiger partial charge in [-0.25, -0.2) is 4.39 Å². The Hall–Kier alpha value is -3.55. The molecule has 0 saturated heterocycles. The maximum atomic E-state index is 14.3. The summed E-state index contributed by atoms with van der Waals surface area (Å²) in [6.45, 7) is 5.44. The molecule has 0 radical (unpaired) electrons. The fraction of sp³-hybridized carbons (Fsp3) is 0.385. The number of imide groups is 1. The largest absolute Gasteiger partial charge is 0.352 e. The second kappa shape index (κ2) is 11.0. The van der Waals surface area contributed by atoms with Gasteiger partial charge in [-0.15, -0.1) is 0 Å². The third kappa shape index (κ3) is 5.50. The summed E-state index contributed by atoms with van der Waals surface area (Å²) >= 11 is 0. The minimum absolute atomic E-state index is 0.00279. The molecule has 0 unspecified atom stereocenters. The number of rotatable bonds is 10. The Morgan fingerprint density at radius 2 is 1.59 bits per heavy atom. The molecule has 0 aromatic heterocycles. The Bertz CT molecular complexity index is 1050. The Morgan fingerprint density at radius 3 is 2.18 bits per heavy atom. The molecule has 1 aliphatic heterocycles. The van der Waals surface area contributed by atoms with E-state index in [-0.39, 0.29) is 55.6 Å². The molecule has 2 aromatic carbocycles. The zero-order chi connectivity index (χ0) is 24.8. The van der Waals surface area contributed by atoms with Gasteiger partial charge < -0.3 is 10.2 Å². The first kappa shape index (κ1) is 25.1. The smallest absolute Gasteiger partial charge is 0.261 e. The molecule has 1 aliphatic rings. The van der Waals surface area contributed by atoms with Crippen LogP contribution in [0.3, 0.4) is 0 Å². The molecule has 34 heavy (non-hydrogen) atoms. The lowest BCUT2D eigenvalue weighted by Crippen LogP contribution is -2.49. The van der Waals surface area contributed by atoms with Gasteiger partial charge in [0, 0.05) is 31.1 Å². The van der Waals surface area contributed by atoms with Crippen LogP contribution in [0.4, 0.5) is 4.39 Å². The highest BCUT2D eigenvalue weighted by molar-refractivity contribution is 6.21. The number of carbonyl (C=O) groups excluding carboxylic acids is 4. The van der Waals surface area contributed by atoms with Crippen LogP contribution in [0, 0.1) is 5.82 Å². The van der Waals surface area contributed by atoms with Crippen molar-refractivity contribution in [2.75, 3.05) is 6.54 Å². The lowest BCUT2D eigenvalue weighted by Gasteiger charge is -2.30. The zero-order valence-corrected chi connectivity index (χ0v) is 19.7. The van der Waals surface area contributed by atoms with Gasteiger partial charge in [-0.3, -0.25) is 24.1 Å². The van der Waals surface area contributed by atoms with Crippen molar-refractivity contribution in [2.24, 2.45) is 0 Å². The SMILES string of the molecule is CC[C@H](C)NC(=O)[C@H](C)N(Cc1ccccc1F)C(=O)CCCN1C(=O)c2ccccc2C1=O. The molecule has 2 atom stereocenters. The lowest BCUT2D eigenvalue weighted by molar-refractivity contribution is -0.141. The monoisotopic (exact) mass is 467 g/mol. The van der Waals surface area contributed by atoms with Crippen molar-refractivity contribution >= 4 is 23.6 Å². The molecular formula is C26H30FN3O4. The minimum Gasteiger partial charge on any atom is -0.352 e. The predicted octanol–water partition coefficient (Wildman–Crippen LogP) is 3.53. The van der Waals surface area contributed by atoms with E-state index >= 15 is 0 Å². The highest BCUT2D eigenvalue weighted by atomic mass is 19.1. The lowest BCUT2D eigenvalue weighted by atomic mass is 10.1. The second-order valence-corrected chi connectivity index (χ2v) is 8.52. The first-order valence-electron chi connectivity index (χ1n) is 11.5. The molecule has 0 fully saturated rings. The highest BCUT2D eigenvalue weighted by Crippen LogP contribution is 2.23. The van der Waals surface area contributed by atoms with Crippen molar-refractivity contribution in [1.82, 2.24) is 15.1 Å². The summed E-state index contributed by atoms with van der Waals surface area (Å²) in [5, 5.41) is 2.86. The topological polar surface area (TPSA) is 86.8 Å². The van der Waals surface area contributed by atoms with Gasteiger partial charge in [0.25, 0.3) is 11.8 Å². The number of hydrogen-bond acceptors (Lipinski definition) is 4. The first-order valence-corrected chi connectivity index (χ1v) is 11.5. The van der Waals surface area contributed by atoms with E-state index in [9.17, 15) is 23.6 Å². The van der Waals surface area contributed by atoms with E-state index in [2.05, 4.69) is 5.32 Å². The van der Waals surface area contributed by atoms with E-state index in [0.717, 1.165) is 11.3 Å². The van der Waals surface area contributed by atoms with E-state index in [1.807, 2.05) is 13.8 Å². The third-order valence-corrected chi connectivity index (χ3v) is 6.12. The standard InChI is InChI=1S/C26H30FN3O4/c1-4-17(2)28-24(32)18(3)30(16-19-10-5-8-13-22(19)27)23(31)14-9-15-29-25(33)20-11-6-7-12-21(20)26(29)34/h5-8,10-13,17-18H,4,9,14-16H2,1-3H3,(H,28,32)/t17-,18-/m0/s1. The summed E-state index contributed by atoms with van der Waals surface area (Å²) in [4.78, 5) is 53.4. The first-order chi connectivity index (χ1) is 16.2. The number of benzene rings is 2. The highest BCUT2D eigenvalue weighted by Gasteiger charge is 2.35. The van der Waals surface area contributed by atoms with Gasteiger partial charge in [-0.05, 0) is 44.9 Å². The van der Waals surface area contributed by atoms with E-state index < -0.39 is 11.9 Å². The zero-order valence-electron chi connectivity index (χ0n) is 19.7. The van der Waals surface area contributed by atoms with E-state index in [1.165, 1.54) is 11.0 Å². The Morgan fingerprint density at radius 1 is 1.00 bits per heavy atom. The third-order valence-electron chi connectivity index (χ3n) is 6.12. The van der Waals surface area contributed by atoms with Crippen molar-refractivity contribution in [3.05, 3.63) is 71.0 Å². The molecule has 0 saturated carbocycles. The van der Waals surface area contributed by atoms with Crippen LogP contribution in [-0.4, -0.2) is 52.1 Å². The van der Waals surface area contributed by atoms with Gasteiger partial charge in [0.1, 0.15) is 11.9 Å². The van der Waals surface area contributed by atoms with Crippen LogP contribution in [-0.2, 0) is 16.1 Å². The predicted molar refractivity (Wildman–Crippen MR) is 125 cm³/mol. The van der Waals surface area contributed by atoms with Crippen LogP contribution < -0.4 is 5.32 Å². The van der Waals surface area contributed by atoms with Gasteiger partial charge in [0.05, 0.1) is 11.1 Å². The van der Waals surface area contributed by atoms with Gasteiger partial charge in [0.15, 0.2) is 0 Å². The van der Waals surface area contributed by atoms with Crippen LogP contribution in [0.25, 0.3) is 0 Å². The van der Waals surface area contributed by atoms with E-state index in [1.54, 1.807) is 49.4 Å². The molecule has 1 heterocycles. The Balaban J connectivity index is 1.68. The molecule has 0 spiro atoms. The van der Waals surface area contributed by atoms with Gasteiger partial charge >= 0.3 is 0 Å². The molecule has 8 heteroatoms. The van der Waals surface area contributed by atoms with Crippen LogP contribution in [0.15, 0.2) is 48.5 Å². The molecule has 7 nitrogen and oxygen atoms in total. The van der Waals surface area contributed by atoms with E-state index in [4.69, 9.17) is 0 Å². The Kier molecular flexibility index (Phi) is 8.15. The molecule has 3 rings (SSSR count). The number of amides is 4. The summed E-state index contributed by atoms with van der Waals surface area (Å²) in [6.07, 6.45) is 0.973. The van der Waals surface area contributed by atoms with Gasteiger partial charge in [0.2, 0.25) is 11.8 Å². The molecule has 4 amide bonds. The number of halogens is 1. The molecule has 1 N–H and O–H groups in total.